The first kappa shape index (κ1) is 12.0. The molecule has 0 aromatic carbocycles. The summed E-state index contributed by atoms with van der Waals surface area (Å²) in [5, 5.41) is 9.89. The molecule has 0 bridgehead atoms. The van der Waals surface area contributed by atoms with Crippen LogP contribution in [0.1, 0.15) is 60.3 Å². The Labute approximate surface area is 77.2 Å². The Kier molecular flexibility index (Phi) is 4.25. The van der Waals surface area contributed by atoms with Gasteiger partial charge in [0.05, 0.1) is 5.60 Å². The van der Waals surface area contributed by atoms with Crippen LogP contribution in [0.5, 0.6) is 0 Å². The van der Waals surface area contributed by atoms with Crippen molar-refractivity contribution in [1.29, 1.82) is 0 Å². The van der Waals surface area contributed by atoms with Gasteiger partial charge in [-0.2, -0.15) is 0 Å². The molecule has 1 heteroatoms. The predicted molar refractivity (Wildman–Crippen MR) is 54.2 cm³/mol. The minimum absolute atomic E-state index is 0.286. The smallest absolute Gasteiger partial charge is 0.0622 e. The highest BCUT2D eigenvalue weighted by molar-refractivity contribution is 4.80. The molecule has 1 unspecified atom stereocenters. The van der Waals surface area contributed by atoms with E-state index in [1.165, 1.54) is 12.8 Å². The van der Waals surface area contributed by atoms with Gasteiger partial charge in [-0.3, -0.25) is 0 Å². The van der Waals surface area contributed by atoms with Crippen LogP contribution < -0.4 is 0 Å². The fourth-order valence-electron chi connectivity index (χ4n) is 1.92. The first-order valence-corrected chi connectivity index (χ1v) is 5.05. The maximum atomic E-state index is 9.89. The maximum Gasteiger partial charge on any atom is 0.0622 e. The number of aliphatic hydroxyl groups is 1. The molecule has 1 nitrogen and oxygen atoms in total. The average molecular weight is 172 g/mol. The van der Waals surface area contributed by atoms with Crippen molar-refractivity contribution in [2.45, 2.75) is 65.9 Å². The van der Waals surface area contributed by atoms with Crippen LogP contribution in [0.15, 0.2) is 0 Å². The third-order valence-corrected chi connectivity index (χ3v) is 2.55. The second kappa shape index (κ2) is 4.27. The Morgan fingerprint density at radius 1 is 1.08 bits per heavy atom. The van der Waals surface area contributed by atoms with Gasteiger partial charge in [-0.05, 0) is 31.6 Å². The minimum atomic E-state index is -0.474. The van der Waals surface area contributed by atoms with Crippen molar-refractivity contribution in [3.63, 3.8) is 0 Å². The maximum absolute atomic E-state index is 9.89. The molecular formula is C11H24O. The molecule has 0 aliphatic carbocycles. The van der Waals surface area contributed by atoms with E-state index < -0.39 is 5.60 Å². The Hall–Kier alpha value is -0.0400. The molecular weight excluding hydrogens is 148 g/mol. The average Bonchev–Trinajstić information content (AvgIpc) is 1.85. The van der Waals surface area contributed by atoms with Crippen LogP contribution in [0.2, 0.25) is 0 Å². The molecule has 0 saturated carbocycles. The summed E-state index contributed by atoms with van der Waals surface area (Å²) in [6.45, 7) is 10.6. The van der Waals surface area contributed by atoms with E-state index in [-0.39, 0.29) is 5.41 Å². The van der Waals surface area contributed by atoms with E-state index >= 15 is 0 Å². The van der Waals surface area contributed by atoms with E-state index in [0.29, 0.717) is 0 Å². The summed E-state index contributed by atoms with van der Waals surface area (Å²) in [6.07, 6.45) is 4.15. The zero-order chi connectivity index (χ0) is 9.83. The van der Waals surface area contributed by atoms with E-state index in [9.17, 15) is 5.11 Å². The third-order valence-electron chi connectivity index (χ3n) is 2.55. The Morgan fingerprint density at radius 2 is 1.58 bits per heavy atom. The lowest BCUT2D eigenvalue weighted by atomic mass is 9.77. The molecule has 74 valence electrons. The zero-order valence-corrected chi connectivity index (χ0v) is 9.28. The van der Waals surface area contributed by atoms with E-state index in [2.05, 4.69) is 20.8 Å². The van der Waals surface area contributed by atoms with Gasteiger partial charge in [-0.1, -0.05) is 34.1 Å². The standard InChI is InChI=1S/C11H24O/c1-6-8-10(3,4)9-11(5,12)7-2/h12H,6-9H2,1-5H3. The number of rotatable bonds is 5. The number of hydrogen-bond donors (Lipinski definition) is 1. The highest BCUT2D eigenvalue weighted by Crippen LogP contribution is 2.33. The minimum Gasteiger partial charge on any atom is -0.390 e. The quantitative estimate of drug-likeness (QED) is 0.674. The topological polar surface area (TPSA) is 20.2 Å². The van der Waals surface area contributed by atoms with Crippen LogP contribution in [0.3, 0.4) is 0 Å². The van der Waals surface area contributed by atoms with Crippen molar-refractivity contribution < 1.29 is 5.11 Å². The van der Waals surface area contributed by atoms with Crippen molar-refractivity contribution >= 4 is 0 Å². The molecule has 0 aromatic rings. The molecule has 0 radical (unpaired) electrons. The first-order valence-electron chi connectivity index (χ1n) is 5.05. The second-order valence-corrected chi connectivity index (χ2v) is 4.94. The zero-order valence-electron chi connectivity index (χ0n) is 9.28. The predicted octanol–water partition coefficient (Wildman–Crippen LogP) is 3.36. The second-order valence-electron chi connectivity index (χ2n) is 4.94. The third kappa shape index (κ3) is 4.76. The SMILES string of the molecule is CCCC(C)(C)CC(C)(O)CC. The lowest BCUT2D eigenvalue weighted by molar-refractivity contribution is 0.00881. The van der Waals surface area contributed by atoms with Gasteiger partial charge in [-0.25, -0.2) is 0 Å². The van der Waals surface area contributed by atoms with Gasteiger partial charge < -0.3 is 5.11 Å². The van der Waals surface area contributed by atoms with Gasteiger partial charge in [0.2, 0.25) is 0 Å². The molecule has 0 rings (SSSR count). The molecule has 0 aromatic heterocycles. The van der Waals surface area contributed by atoms with Crippen molar-refractivity contribution in [3.8, 4) is 0 Å². The van der Waals surface area contributed by atoms with Gasteiger partial charge in [0.15, 0.2) is 0 Å². The highest BCUT2D eigenvalue weighted by atomic mass is 16.3. The summed E-state index contributed by atoms with van der Waals surface area (Å²) in [5.74, 6) is 0. The van der Waals surface area contributed by atoms with Crippen LogP contribution in [0, 0.1) is 5.41 Å². The fraction of sp³-hybridized carbons (Fsp3) is 1.00. The summed E-state index contributed by atoms with van der Waals surface area (Å²) >= 11 is 0. The van der Waals surface area contributed by atoms with Crippen LogP contribution in [0.4, 0.5) is 0 Å². The molecule has 12 heavy (non-hydrogen) atoms. The van der Waals surface area contributed by atoms with E-state index in [0.717, 1.165) is 12.8 Å². The summed E-state index contributed by atoms with van der Waals surface area (Å²) in [4.78, 5) is 0. The van der Waals surface area contributed by atoms with Crippen molar-refractivity contribution in [2.75, 3.05) is 0 Å². The van der Waals surface area contributed by atoms with Gasteiger partial charge in [-0.15, -0.1) is 0 Å². The summed E-state index contributed by atoms with van der Waals surface area (Å²) in [7, 11) is 0. The molecule has 1 N–H and O–H groups in total. The lowest BCUT2D eigenvalue weighted by Gasteiger charge is -2.33. The first-order chi connectivity index (χ1) is 5.33. The van der Waals surface area contributed by atoms with Gasteiger partial charge in [0.25, 0.3) is 0 Å². The van der Waals surface area contributed by atoms with Crippen LogP contribution in [0.25, 0.3) is 0 Å². The van der Waals surface area contributed by atoms with Gasteiger partial charge >= 0.3 is 0 Å². The van der Waals surface area contributed by atoms with E-state index in [1.54, 1.807) is 0 Å². The van der Waals surface area contributed by atoms with Crippen molar-refractivity contribution in [3.05, 3.63) is 0 Å². The molecule has 0 spiro atoms. The molecule has 0 aliphatic rings. The summed E-state index contributed by atoms with van der Waals surface area (Å²) in [5.41, 5.74) is -0.188. The Morgan fingerprint density at radius 3 is 1.92 bits per heavy atom. The Balaban J connectivity index is 4.04. The highest BCUT2D eigenvalue weighted by Gasteiger charge is 2.28. The molecule has 0 heterocycles. The summed E-state index contributed by atoms with van der Waals surface area (Å²) in [6, 6.07) is 0. The van der Waals surface area contributed by atoms with E-state index in [1.807, 2.05) is 13.8 Å². The van der Waals surface area contributed by atoms with Crippen LogP contribution in [-0.4, -0.2) is 10.7 Å². The monoisotopic (exact) mass is 172 g/mol. The molecule has 0 aliphatic heterocycles. The van der Waals surface area contributed by atoms with Crippen LogP contribution >= 0.6 is 0 Å². The van der Waals surface area contributed by atoms with Crippen molar-refractivity contribution in [1.82, 2.24) is 0 Å². The molecule has 1 atom stereocenters. The largest absolute Gasteiger partial charge is 0.390 e. The fourth-order valence-corrected chi connectivity index (χ4v) is 1.92. The van der Waals surface area contributed by atoms with E-state index in [4.69, 9.17) is 0 Å². The normalized spacial score (nSPS) is 17.5. The molecule has 0 amide bonds. The molecule has 0 saturated heterocycles. The van der Waals surface area contributed by atoms with Gasteiger partial charge in [0.1, 0.15) is 0 Å². The van der Waals surface area contributed by atoms with Crippen molar-refractivity contribution in [2.24, 2.45) is 5.41 Å². The Bertz CT molecular complexity index is 125. The number of hydrogen-bond acceptors (Lipinski definition) is 1. The molecule has 0 fully saturated rings. The van der Waals surface area contributed by atoms with Crippen LogP contribution in [-0.2, 0) is 0 Å². The van der Waals surface area contributed by atoms with Gasteiger partial charge in [0, 0.05) is 0 Å². The summed E-state index contributed by atoms with van der Waals surface area (Å²) < 4.78 is 0. The lowest BCUT2D eigenvalue weighted by Crippen LogP contribution is -2.30.